The smallest absolute Gasteiger partial charge is 0.259 e. The summed E-state index contributed by atoms with van der Waals surface area (Å²) in [4.78, 5) is 31.2. The Kier molecular flexibility index (Phi) is 6.11. The molecule has 0 saturated heterocycles. The van der Waals surface area contributed by atoms with E-state index in [9.17, 15) is 18.0 Å². The maximum absolute atomic E-state index is 13.6. The van der Waals surface area contributed by atoms with Crippen LogP contribution in [0.15, 0.2) is 64.0 Å². The van der Waals surface area contributed by atoms with Crippen molar-refractivity contribution < 1.29 is 13.2 Å². The molecule has 0 spiro atoms. The second-order valence-electron chi connectivity index (χ2n) is 7.79. The topological polar surface area (TPSA) is 91.0 Å². The average Bonchev–Trinajstić information content (AvgIpc) is 3.16. The minimum absolute atomic E-state index is 0.0326. The summed E-state index contributed by atoms with van der Waals surface area (Å²) in [5.41, 5.74) is 1.80. The Morgan fingerprint density at radius 1 is 1.09 bits per heavy atom. The first-order chi connectivity index (χ1) is 15.6. The molecular formula is C24H22BrN3O4S. The predicted molar refractivity (Wildman–Crippen MR) is 132 cm³/mol. The van der Waals surface area contributed by atoms with E-state index in [2.05, 4.69) is 20.9 Å². The molecule has 4 rings (SSSR count). The van der Waals surface area contributed by atoms with Gasteiger partial charge in [0.25, 0.3) is 5.56 Å². The second-order valence-corrected chi connectivity index (χ2v) is 10.6. The molecule has 0 bridgehead atoms. The summed E-state index contributed by atoms with van der Waals surface area (Å²) in [6.45, 7) is 3.30. The number of carbonyl (C=O) groups excluding carboxylic acids is 1. The van der Waals surface area contributed by atoms with Gasteiger partial charge in [-0.1, -0.05) is 53.2 Å². The number of aryl methyl sites for hydroxylation is 1. The van der Waals surface area contributed by atoms with Crippen LogP contribution in [0.25, 0.3) is 21.9 Å². The highest BCUT2D eigenvalue weighted by Gasteiger charge is 2.24. The van der Waals surface area contributed by atoms with Crippen molar-refractivity contribution in [3.8, 4) is 11.1 Å². The first kappa shape index (κ1) is 23.1. The van der Waals surface area contributed by atoms with Crippen LogP contribution in [0.4, 0.5) is 0 Å². The maximum atomic E-state index is 13.6. The van der Waals surface area contributed by atoms with E-state index in [-0.39, 0.29) is 35.8 Å². The Morgan fingerprint density at radius 3 is 2.39 bits per heavy atom. The molecule has 0 fully saturated rings. The number of carbonyl (C=O) groups is 1. The predicted octanol–water partition coefficient (Wildman–Crippen LogP) is 4.38. The van der Waals surface area contributed by atoms with Crippen molar-refractivity contribution in [3.05, 3.63) is 86.8 Å². The molecule has 0 radical (unpaired) electrons. The summed E-state index contributed by atoms with van der Waals surface area (Å²) in [7, 11) is -3.54. The highest BCUT2D eigenvalue weighted by atomic mass is 79.9. The van der Waals surface area contributed by atoms with Gasteiger partial charge in [0.05, 0.1) is 24.2 Å². The van der Waals surface area contributed by atoms with E-state index < -0.39 is 10.0 Å². The minimum atomic E-state index is -3.54. The van der Waals surface area contributed by atoms with Crippen LogP contribution in [0.1, 0.15) is 35.4 Å². The molecule has 0 N–H and O–H groups in total. The largest absolute Gasteiger partial charge is 0.298 e. The zero-order chi connectivity index (χ0) is 23.9. The molecule has 0 atom stereocenters. The highest BCUT2D eigenvalue weighted by Crippen LogP contribution is 2.33. The van der Waals surface area contributed by atoms with Crippen molar-refractivity contribution in [2.45, 2.75) is 26.8 Å². The van der Waals surface area contributed by atoms with E-state index >= 15 is 0 Å². The fraction of sp³-hybridized carbons (Fsp3) is 0.208. The van der Waals surface area contributed by atoms with Gasteiger partial charge in [0.15, 0.2) is 5.78 Å². The molecular weight excluding hydrogens is 506 g/mol. The van der Waals surface area contributed by atoms with Crippen LogP contribution >= 0.6 is 15.9 Å². The monoisotopic (exact) mass is 527 g/mol. The van der Waals surface area contributed by atoms with Crippen LogP contribution in [0.2, 0.25) is 0 Å². The molecule has 2 aromatic carbocycles. The average molecular weight is 528 g/mol. The van der Waals surface area contributed by atoms with Crippen molar-refractivity contribution >= 4 is 42.5 Å². The summed E-state index contributed by atoms with van der Waals surface area (Å²) in [6.07, 6.45) is 2.69. The summed E-state index contributed by atoms with van der Waals surface area (Å²) < 4.78 is 27.4. The third-order valence-corrected chi connectivity index (χ3v) is 7.03. The van der Waals surface area contributed by atoms with E-state index in [0.29, 0.717) is 22.0 Å². The number of rotatable bonds is 6. The molecule has 7 nitrogen and oxygen atoms in total. The second kappa shape index (κ2) is 8.72. The van der Waals surface area contributed by atoms with Gasteiger partial charge in [-0.05, 0) is 36.1 Å². The lowest BCUT2D eigenvalue weighted by Gasteiger charge is -2.19. The fourth-order valence-corrected chi connectivity index (χ4v) is 5.21. The zero-order valence-corrected chi connectivity index (χ0v) is 20.8. The van der Waals surface area contributed by atoms with E-state index in [0.717, 1.165) is 20.3 Å². The SMILES string of the molecule is CCC(=O)c1c(-c2ccccc2)c2cc(Br)ccc2c(=O)n1Cc1cn(S(C)(=O)=O)c(C)n1. The molecule has 0 saturated carbocycles. The molecule has 0 aliphatic rings. The summed E-state index contributed by atoms with van der Waals surface area (Å²) in [6, 6.07) is 14.8. The van der Waals surface area contributed by atoms with Gasteiger partial charge in [-0.3, -0.25) is 14.2 Å². The Morgan fingerprint density at radius 2 is 1.79 bits per heavy atom. The van der Waals surface area contributed by atoms with Gasteiger partial charge in [-0.15, -0.1) is 0 Å². The lowest BCUT2D eigenvalue weighted by molar-refractivity contribution is 0.0979. The molecule has 2 aromatic heterocycles. The van der Waals surface area contributed by atoms with Crippen LogP contribution in [0, 0.1) is 6.92 Å². The Labute approximate surface area is 199 Å². The van der Waals surface area contributed by atoms with Crippen LogP contribution in [0.3, 0.4) is 0 Å². The number of imidazole rings is 1. The van der Waals surface area contributed by atoms with Crippen LogP contribution in [-0.2, 0) is 16.6 Å². The molecule has 0 unspecified atom stereocenters. The number of pyridine rings is 1. The molecule has 9 heteroatoms. The van der Waals surface area contributed by atoms with E-state index in [4.69, 9.17) is 0 Å². The first-order valence-corrected chi connectivity index (χ1v) is 13.0. The number of benzene rings is 2. The van der Waals surface area contributed by atoms with Crippen molar-refractivity contribution in [1.82, 2.24) is 13.5 Å². The van der Waals surface area contributed by atoms with Gasteiger partial charge >= 0.3 is 0 Å². The van der Waals surface area contributed by atoms with Gasteiger partial charge in [-0.2, -0.15) is 0 Å². The number of halogens is 1. The van der Waals surface area contributed by atoms with Crippen LogP contribution < -0.4 is 5.56 Å². The van der Waals surface area contributed by atoms with Crippen LogP contribution in [0.5, 0.6) is 0 Å². The van der Waals surface area contributed by atoms with Gasteiger partial charge in [0, 0.05) is 28.0 Å². The number of hydrogen-bond acceptors (Lipinski definition) is 5. The number of fused-ring (bicyclic) bond motifs is 1. The van der Waals surface area contributed by atoms with Crippen molar-refractivity contribution in [1.29, 1.82) is 0 Å². The zero-order valence-electron chi connectivity index (χ0n) is 18.4. The van der Waals surface area contributed by atoms with Gasteiger partial charge in [0.1, 0.15) is 5.82 Å². The third kappa shape index (κ3) is 4.30. The Bertz CT molecular complexity index is 1550. The molecule has 0 aliphatic carbocycles. The number of aromatic nitrogens is 3. The third-order valence-electron chi connectivity index (χ3n) is 5.45. The van der Waals surface area contributed by atoms with Gasteiger partial charge in [-0.25, -0.2) is 17.4 Å². The molecule has 4 aromatic rings. The standard InChI is InChI=1S/C24H22BrN3O4S/c1-4-21(29)23-22(16-8-6-5-7-9-16)20-12-17(25)10-11-19(20)24(30)27(23)13-18-14-28(15(2)26-18)33(3,31)32/h5-12,14H,4,13H2,1-3H3. The highest BCUT2D eigenvalue weighted by molar-refractivity contribution is 9.10. The molecule has 170 valence electrons. The molecule has 0 amide bonds. The van der Waals surface area contributed by atoms with Crippen LogP contribution in [-0.4, -0.2) is 34.0 Å². The van der Waals surface area contributed by atoms with E-state index in [1.807, 2.05) is 36.4 Å². The summed E-state index contributed by atoms with van der Waals surface area (Å²) >= 11 is 3.48. The van der Waals surface area contributed by atoms with E-state index in [1.165, 1.54) is 10.8 Å². The van der Waals surface area contributed by atoms with Crippen molar-refractivity contribution in [2.75, 3.05) is 6.26 Å². The summed E-state index contributed by atoms with van der Waals surface area (Å²) in [5.74, 6) is 0.101. The number of ketones is 1. The van der Waals surface area contributed by atoms with Gasteiger partial charge < -0.3 is 0 Å². The van der Waals surface area contributed by atoms with Crippen molar-refractivity contribution in [3.63, 3.8) is 0 Å². The lowest BCUT2D eigenvalue weighted by Crippen LogP contribution is -2.28. The van der Waals surface area contributed by atoms with Crippen molar-refractivity contribution in [2.24, 2.45) is 0 Å². The molecule has 0 aliphatic heterocycles. The normalized spacial score (nSPS) is 11.8. The molecule has 2 heterocycles. The number of Topliss-reactive ketones (excluding diaryl/α,β-unsaturated/α-hetero) is 1. The first-order valence-electron chi connectivity index (χ1n) is 10.3. The Balaban J connectivity index is 2.08. The van der Waals surface area contributed by atoms with Gasteiger partial charge in [0.2, 0.25) is 10.0 Å². The number of hydrogen-bond donors (Lipinski definition) is 0. The maximum Gasteiger partial charge on any atom is 0.259 e. The lowest BCUT2D eigenvalue weighted by atomic mass is 9.94. The van der Waals surface area contributed by atoms with E-state index in [1.54, 1.807) is 26.0 Å². The molecule has 33 heavy (non-hydrogen) atoms. The Hall–Kier alpha value is -3.04. The quantitative estimate of drug-likeness (QED) is 0.347. The minimum Gasteiger partial charge on any atom is -0.298 e. The fourth-order valence-electron chi connectivity index (χ4n) is 4.01. The summed E-state index contributed by atoms with van der Waals surface area (Å²) in [5, 5.41) is 1.13. The number of nitrogens with zero attached hydrogens (tertiary/aromatic N) is 3.